The van der Waals surface area contributed by atoms with Crippen molar-refractivity contribution in [1.29, 1.82) is 0 Å². The topological polar surface area (TPSA) is 20.3 Å². The van der Waals surface area contributed by atoms with Crippen LogP contribution in [0.2, 0.25) is 0 Å². The highest BCUT2D eigenvalue weighted by atomic mass is 79.9. The van der Waals surface area contributed by atoms with E-state index in [2.05, 4.69) is 15.9 Å². The van der Waals surface area contributed by atoms with E-state index in [1.54, 1.807) is 0 Å². The van der Waals surface area contributed by atoms with Crippen LogP contribution in [0.1, 0.15) is 13.3 Å². The van der Waals surface area contributed by atoms with Crippen molar-refractivity contribution in [2.45, 2.75) is 17.7 Å². The van der Waals surface area contributed by atoms with Gasteiger partial charge in [0.1, 0.15) is 4.32 Å². The van der Waals surface area contributed by atoms with Crippen molar-refractivity contribution in [2.24, 2.45) is 0 Å². The van der Waals surface area contributed by atoms with Gasteiger partial charge in [-0.15, -0.1) is 0 Å². The van der Waals surface area contributed by atoms with Crippen LogP contribution in [0.15, 0.2) is 30.3 Å². The molecule has 14 heavy (non-hydrogen) atoms. The Morgan fingerprint density at radius 1 is 1.36 bits per heavy atom. The van der Waals surface area contributed by atoms with Crippen molar-refractivity contribution in [3.63, 3.8) is 0 Å². The second-order valence-electron chi connectivity index (χ2n) is 3.74. The van der Waals surface area contributed by atoms with Crippen LogP contribution in [0.25, 0.3) is 0 Å². The average molecular weight is 254 g/mol. The fraction of sp³-hybridized carbons (Fsp3) is 0.364. The van der Waals surface area contributed by atoms with Crippen LogP contribution in [0.3, 0.4) is 0 Å². The lowest BCUT2D eigenvalue weighted by Crippen LogP contribution is -2.32. The Hall–Kier alpha value is -0.830. The summed E-state index contributed by atoms with van der Waals surface area (Å²) in [6.07, 6.45) is 0.862. The molecule has 0 spiro atoms. The predicted molar refractivity (Wildman–Crippen MR) is 60.7 cm³/mol. The minimum Gasteiger partial charge on any atom is -0.311 e. The predicted octanol–water partition coefficient (Wildman–Crippen LogP) is 2.58. The molecule has 2 rings (SSSR count). The standard InChI is InChI=1S/C11H12BrNO/c1-11(12)7-8-13(10(11)14)9-5-3-2-4-6-9/h2-6H,7-8H2,1H3. The van der Waals surface area contributed by atoms with Crippen LogP contribution in [0.5, 0.6) is 0 Å². The first-order chi connectivity index (χ1) is 6.61. The summed E-state index contributed by atoms with van der Waals surface area (Å²) in [6.45, 7) is 2.73. The summed E-state index contributed by atoms with van der Waals surface area (Å²) < 4.78 is -0.372. The molecule has 1 aliphatic heterocycles. The summed E-state index contributed by atoms with van der Waals surface area (Å²) in [5.41, 5.74) is 0.987. The molecule has 1 aliphatic rings. The Kier molecular flexibility index (Phi) is 2.35. The molecular formula is C11H12BrNO. The number of carbonyl (C=O) groups is 1. The number of hydrogen-bond donors (Lipinski definition) is 0. The van der Waals surface area contributed by atoms with Crippen molar-refractivity contribution in [1.82, 2.24) is 0 Å². The Labute approximate surface area is 92.0 Å². The Morgan fingerprint density at radius 2 is 2.00 bits per heavy atom. The molecule has 3 heteroatoms. The van der Waals surface area contributed by atoms with Crippen LogP contribution in [0, 0.1) is 0 Å². The summed E-state index contributed by atoms with van der Waals surface area (Å²) in [6, 6.07) is 9.79. The molecule has 0 aliphatic carbocycles. The Bertz CT molecular complexity index is 348. The van der Waals surface area contributed by atoms with Crippen LogP contribution < -0.4 is 4.90 Å². The summed E-state index contributed by atoms with van der Waals surface area (Å²) in [5, 5.41) is 0. The quantitative estimate of drug-likeness (QED) is 0.705. The zero-order valence-corrected chi connectivity index (χ0v) is 9.62. The van der Waals surface area contributed by atoms with E-state index in [1.165, 1.54) is 0 Å². The highest BCUT2D eigenvalue weighted by Crippen LogP contribution is 2.33. The fourth-order valence-corrected chi connectivity index (χ4v) is 2.06. The summed E-state index contributed by atoms with van der Waals surface area (Å²) in [4.78, 5) is 13.7. The van der Waals surface area contributed by atoms with Gasteiger partial charge in [-0.1, -0.05) is 34.1 Å². The molecular weight excluding hydrogens is 242 g/mol. The molecule has 74 valence electrons. The van der Waals surface area contributed by atoms with Gasteiger partial charge in [0, 0.05) is 12.2 Å². The summed E-state index contributed by atoms with van der Waals surface area (Å²) in [7, 11) is 0. The minimum absolute atomic E-state index is 0.156. The van der Waals surface area contributed by atoms with Gasteiger partial charge in [0.25, 0.3) is 0 Å². The number of amides is 1. The van der Waals surface area contributed by atoms with Gasteiger partial charge in [0.05, 0.1) is 0 Å². The molecule has 1 aromatic rings. The molecule has 2 nitrogen and oxygen atoms in total. The van der Waals surface area contributed by atoms with Crippen molar-refractivity contribution < 1.29 is 4.79 Å². The van der Waals surface area contributed by atoms with E-state index in [0.29, 0.717) is 0 Å². The van der Waals surface area contributed by atoms with Crippen molar-refractivity contribution in [3.05, 3.63) is 30.3 Å². The lowest BCUT2D eigenvalue weighted by molar-refractivity contribution is -0.118. The number of anilines is 1. The van der Waals surface area contributed by atoms with E-state index >= 15 is 0 Å². The van der Waals surface area contributed by atoms with E-state index < -0.39 is 0 Å². The second-order valence-corrected chi connectivity index (χ2v) is 5.49. The summed E-state index contributed by atoms with van der Waals surface area (Å²) >= 11 is 3.45. The van der Waals surface area contributed by atoms with E-state index in [1.807, 2.05) is 42.2 Å². The Balaban J connectivity index is 2.27. The van der Waals surface area contributed by atoms with Gasteiger partial charge in [-0.05, 0) is 25.5 Å². The molecule has 1 unspecified atom stereocenters. The third-order valence-electron chi connectivity index (χ3n) is 2.56. The largest absolute Gasteiger partial charge is 0.311 e. The second kappa shape index (κ2) is 3.39. The van der Waals surface area contributed by atoms with Gasteiger partial charge < -0.3 is 4.90 Å². The lowest BCUT2D eigenvalue weighted by atomic mass is 10.1. The maximum Gasteiger partial charge on any atom is 0.243 e. The highest BCUT2D eigenvalue weighted by Gasteiger charge is 2.40. The molecule has 0 aromatic heterocycles. The third kappa shape index (κ3) is 1.57. The molecule has 1 amide bonds. The number of para-hydroxylation sites is 1. The van der Waals surface area contributed by atoms with Gasteiger partial charge in [-0.2, -0.15) is 0 Å². The number of benzene rings is 1. The normalized spacial score (nSPS) is 27.0. The average Bonchev–Trinajstić information content (AvgIpc) is 2.44. The number of nitrogens with zero attached hydrogens (tertiary/aromatic N) is 1. The van der Waals surface area contributed by atoms with Gasteiger partial charge in [0.15, 0.2) is 0 Å². The molecule has 1 aromatic carbocycles. The fourth-order valence-electron chi connectivity index (χ4n) is 1.67. The van der Waals surface area contributed by atoms with Crippen LogP contribution in [0.4, 0.5) is 5.69 Å². The first-order valence-corrected chi connectivity index (χ1v) is 5.46. The third-order valence-corrected chi connectivity index (χ3v) is 3.30. The molecule has 0 N–H and O–H groups in total. The van der Waals surface area contributed by atoms with Gasteiger partial charge in [0.2, 0.25) is 5.91 Å². The van der Waals surface area contributed by atoms with Gasteiger partial charge >= 0.3 is 0 Å². The maximum absolute atomic E-state index is 11.9. The van der Waals surface area contributed by atoms with Gasteiger partial charge in [-0.25, -0.2) is 0 Å². The molecule has 0 saturated carbocycles. The minimum atomic E-state index is -0.372. The lowest BCUT2D eigenvalue weighted by Gasteiger charge is -2.18. The van der Waals surface area contributed by atoms with E-state index in [4.69, 9.17) is 0 Å². The summed E-state index contributed by atoms with van der Waals surface area (Å²) in [5.74, 6) is 0.156. The number of alkyl halides is 1. The molecule has 1 heterocycles. The molecule has 0 bridgehead atoms. The van der Waals surface area contributed by atoms with E-state index in [9.17, 15) is 4.79 Å². The maximum atomic E-state index is 11.9. The first kappa shape index (κ1) is 9.71. The first-order valence-electron chi connectivity index (χ1n) is 4.67. The monoisotopic (exact) mass is 253 g/mol. The molecule has 1 atom stereocenters. The highest BCUT2D eigenvalue weighted by molar-refractivity contribution is 9.10. The van der Waals surface area contributed by atoms with Crippen LogP contribution in [-0.2, 0) is 4.79 Å². The van der Waals surface area contributed by atoms with E-state index in [0.717, 1.165) is 18.7 Å². The van der Waals surface area contributed by atoms with Crippen LogP contribution in [-0.4, -0.2) is 16.8 Å². The molecule has 1 fully saturated rings. The van der Waals surface area contributed by atoms with Gasteiger partial charge in [-0.3, -0.25) is 4.79 Å². The Morgan fingerprint density at radius 3 is 2.50 bits per heavy atom. The van der Waals surface area contributed by atoms with E-state index in [-0.39, 0.29) is 10.2 Å². The van der Waals surface area contributed by atoms with Crippen molar-refractivity contribution >= 4 is 27.5 Å². The zero-order chi connectivity index (χ0) is 10.2. The molecule has 0 radical (unpaired) electrons. The number of rotatable bonds is 1. The van der Waals surface area contributed by atoms with Crippen LogP contribution >= 0.6 is 15.9 Å². The number of carbonyl (C=O) groups excluding carboxylic acids is 1. The van der Waals surface area contributed by atoms with Crippen molar-refractivity contribution in [3.8, 4) is 0 Å². The van der Waals surface area contributed by atoms with Crippen molar-refractivity contribution in [2.75, 3.05) is 11.4 Å². The molecule has 1 saturated heterocycles. The zero-order valence-electron chi connectivity index (χ0n) is 8.03. The SMILES string of the molecule is CC1(Br)CCN(c2ccccc2)C1=O. The smallest absolute Gasteiger partial charge is 0.243 e. The number of halogens is 1. The number of hydrogen-bond acceptors (Lipinski definition) is 1.